The molecule has 0 spiro atoms. The van der Waals surface area contributed by atoms with Crippen LogP contribution in [0.3, 0.4) is 0 Å². The lowest BCUT2D eigenvalue weighted by Crippen LogP contribution is -2.51. The molecule has 1 heterocycles. The highest BCUT2D eigenvalue weighted by Crippen LogP contribution is 2.26. The van der Waals surface area contributed by atoms with Gasteiger partial charge in [-0.1, -0.05) is 6.07 Å². The zero-order valence-corrected chi connectivity index (χ0v) is 13.2. The smallest absolute Gasteiger partial charge is 0.337 e. The van der Waals surface area contributed by atoms with Crippen molar-refractivity contribution in [1.82, 2.24) is 5.32 Å². The Morgan fingerprint density at radius 1 is 1.23 bits per heavy atom. The third-order valence-corrected chi connectivity index (χ3v) is 4.12. The SMILES string of the molecule is COC(=O)c1ccc(C)c(NC(=O)C2(OC)CCNCC2)c1. The average Bonchev–Trinajstić information content (AvgIpc) is 2.56. The van der Waals surface area contributed by atoms with Gasteiger partial charge in [-0.3, -0.25) is 4.79 Å². The van der Waals surface area contributed by atoms with E-state index in [-0.39, 0.29) is 5.91 Å². The highest BCUT2D eigenvalue weighted by Gasteiger charge is 2.39. The summed E-state index contributed by atoms with van der Waals surface area (Å²) in [5.41, 5.74) is 1.06. The molecule has 22 heavy (non-hydrogen) atoms. The van der Waals surface area contributed by atoms with Crippen LogP contribution in [0.5, 0.6) is 0 Å². The molecule has 1 aliphatic heterocycles. The van der Waals surface area contributed by atoms with Crippen molar-refractivity contribution in [3.63, 3.8) is 0 Å². The van der Waals surface area contributed by atoms with Crippen LogP contribution in [-0.4, -0.2) is 44.8 Å². The van der Waals surface area contributed by atoms with Gasteiger partial charge in [0.2, 0.25) is 0 Å². The predicted molar refractivity (Wildman–Crippen MR) is 83.0 cm³/mol. The second kappa shape index (κ2) is 6.89. The Bertz CT molecular complexity index is 565. The lowest BCUT2D eigenvalue weighted by Gasteiger charge is -2.34. The van der Waals surface area contributed by atoms with E-state index >= 15 is 0 Å². The Morgan fingerprint density at radius 2 is 1.91 bits per heavy atom. The number of carbonyl (C=O) groups excluding carboxylic acids is 2. The van der Waals surface area contributed by atoms with E-state index in [9.17, 15) is 9.59 Å². The van der Waals surface area contributed by atoms with Crippen LogP contribution in [0.2, 0.25) is 0 Å². The molecule has 0 radical (unpaired) electrons. The van der Waals surface area contributed by atoms with E-state index in [2.05, 4.69) is 10.6 Å². The Balaban J connectivity index is 2.21. The summed E-state index contributed by atoms with van der Waals surface area (Å²) >= 11 is 0. The van der Waals surface area contributed by atoms with Crippen LogP contribution >= 0.6 is 0 Å². The number of ether oxygens (including phenoxy) is 2. The quantitative estimate of drug-likeness (QED) is 0.824. The zero-order valence-electron chi connectivity index (χ0n) is 13.2. The van der Waals surface area contributed by atoms with Gasteiger partial charge in [0.25, 0.3) is 5.91 Å². The van der Waals surface area contributed by atoms with E-state index < -0.39 is 11.6 Å². The minimum absolute atomic E-state index is 0.179. The summed E-state index contributed by atoms with van der Waals surface area (Å²) in [6.07, 6.45) is 1.23. The van der Waals surface area contributed by atoms with Crippen molar-refractivity contribution >= 4 is 17.6 Å². The van der Waals surface area contributed by atoms with Crippen LogP contribution in [0.15, 0.2) is 18.2 Å². The molecule has 1 amide bonds. The van der Waals surface area contributed by atoms with Crippen molar-refractivity contribution < 1.29 is 19.1 Å². The second-order valence-electron chi connectivity index (χ2n) is 5.42. The molecule has 120 valence electrons. The molecule has 1 fully saturated rings. The number of amides is 1. The fourth-order valence-electron chi connectivity index (χ4n) is 2.59. The molecule has 0 unspecified atom stereocenters. The van der Waals surface area contributed by atoms with Crippen molar-refractivity contribution in [2.24, 2.45) is 0 Å². The third-order valence-electron chi connectivity index (χ3n) is 4.12. The van der Waals surface area contributed by atoms with E-state index in [1.165, 1.54) is 7.11 Å². The van der Waals surface area contributed by atoms with Crippen LogP contribution in [0.4, 0.5) is 5.69 Å². The largest absolute Gasteiger partial charge is 0.465 e. The molecule has 1 aromatic carbocycles. The van der Waals surface area contributed by atoms with Crippen LogP contribution in [-0.2, 0) is 14.3 Å². The number of hydrogen-bond donors (Lipinski definition) is 2. The number of hydrogen-bond acceptors (Lipinski definition) is 5. The van der Waals surface area contributed by atoms with Crippen molar-refractivity contribution in [1.29, 1.82) is 0 Å². The minimum Gasteiger partial charge on any atom is -0.465 e. The van der Waals surface area contributed by atoms with Gasteiger partial charge in [0.15, 0.2) is 0 Å². The standard InChI is InChI=1S/C16H22N2O4/c1-11-4-5-12(14(19)21-2)10-13(11)18-15(20)16(22-3)6-8-17-9-7-16/h4-5,10,17H,6-9H2,1-3H3,(H,18,20). The van der Waals surface area contributed by atoms with Gasteiger partial charge in [-0.15, -0.1) is 0 Å². The summed E-state index contributed by atoms with van der Waals surface area (Å²) < 4.78 is 10.2. The maximum absolute atomic E-state index is 12.6. The summed E-state index contributed by atoms with van der Waals surface area (Å²) in [5, 5.41) is 6.11. The van der Waals surface area contributed by atoms with E-state index in [0.717, 1.165) is 18.7 Å². The van der Waals surface area contributed by atoms with E-state index in [1.807, 2.05) is 6.92 Å². The number of nitrogens with one attached hydrogen (secondary N) is 2. The van der Waals surface area contributed by atoms with E-state index in [4.69, 9.17) is 9.47 Å². The molecule has 1 saturated heterocycles. The fourth-order valence-corrected chi connectivity index (χ4v) is 2.59. The summed E-state index contributed by atoms with van der Waals surface area (Å²) in [7, 11) is 2.89. The number of benzene rings is 1. The van der Waals surface area contributed by atoms with Crippen LogP contribution in [0.1, 0.15) is 28.8 Å². The summed E-state index contributed by atoms with van der Waals surface area (Å²) in [4.78, 5) is 24.3. The van der Waals surface area contributed by atoms with Crippen molar-refractivity contribution in [2.45, 2.75) is 25.4 Å². The number of methoxy groups -OCH3 is 2. The molecular weight excluding hydrogens is 284 g/mol. The highest BCUT2D eigenvalue weighted by atomic mass is 16.5. The predicted octanol–water partition coefficient (Wildman–Crippen LogP) is 1.49. The monoisotopic (exact) mass is 306 g/mol. The Kier molecular flexibility index (Phi) is 5.15. The summed E-state index contributed by atoms with van der Waals surface area (Å²) in [5.74, 6) is -0.611. The maximum Gasteiger partial charge on any atom is 0.337 e. The van der Waals surface area contributed by atoms with Crippen LogP contribution in [0, 0.1) is 6.92 Å². The summed E-state index contributed by atoms with van der Waals surface area (Å²) in [6, 6.07) is 5.08. The van der Waals surface area contributed by atoms with Crippen LogP contribution < -0.4 is 10.6 Å². The highest BCUT2D eigenvalue weighted by molar-refractivity contribution is 5.99. The normalized spacial score (nSPS) is 16.9. The molecule has 0 aromatic heterocycles. The first-order valence-corrected chi connectivity index (χ1v) is 7.29. The number of anilines is 1. The van der Waals surface area contributed by atoms with Gasteiger partial charge >= 0.3 is 5.97 Å². The zero-order chi connectivity index (χ0) is 16.2. The molecule has 0 bridgehead atoms. The first-order valence-electron chi connectivity index (χ1n) is 7.29. The Hall–Kier alpha value is -1.92. The van der Waals surface area contributed by atoms with Gasteiger partial charge in [0.05, 0.1) is 12.7 Å². The average molecular weight is 306 g/mol. The lowest BCUT2D eigenvalue weighted by atomic mass is 9.91. The topological polar surface area (TPSA) is 76.7 Å². The Labute approximate surface area is 130 Å². The number of esters is 1. The van der Waals surface area contributed by atoms with Gasteiger partial charge in [-0.05, 0) is 50.6 Å². The van der Waals surface area contributed by atoms with E-state index in [1.54, 1.807) is 25.3 Å². The molecule has 2 rings (SSSR count). The first kappa shape index (κ1) is 16.5. The molecule has 6 heteroatoms. The molecular formula is C16H22N2O4. The van der Waals surface area contributed by atoms with Gasteiger partial charge in [-0.2, -0.15) is 0 Å². The number of carbonyl (C=O) groups is 2. The van der Waals surface area contributed by atoms with Gasteiger partial charge in [0.1, 0.15) is 5.60 Å². The molecule has 1 aromatic rings. The second-order valence-corrected chi connectivity index (χ2v) is 5.42. The van der Waals surface area contributed by atoms with E-state index in [0.29, 0.717) is 24.1 Å². The van der Waals surface area contributed by atoms with Gasteiger partial charge in [-0.25, -0.2) is 4.79 Å². The molecule has 0 saturated carbocycles. The van der Waals surface area contributed by atoms with Crippen molar-refractivity contribution in [3.05, 3.63) is 29.3 Å². The van der Waals surface area contributed by atoms with Crippen LogP contribution in [0.25, 0.3) is 0 Å². The third kappa shape index (κ3) is 3.28. The van der Waals surface area contributed by atoms with Gasteiger partial charge in [0, 0.05) is 12.8 Å². The fraction of sp³-hybridized carbons (Fsp3) is 0.500. The summed E-state index contributed by atoms with van der Waals surface area (Å²) in [6.45, 7) is 3.35. The molecule has 6 nitrogen and oxygen atoms in total. The van der Waals surface area contributed by atoms with Gasteiger partial charge < -0.3 is 20.1 Å². The van der Waals surface area contributed by atoms with Crippen molar-refractivity contribution in [2.75, 3.05) is 32.6 Å². The number of rotatable bonds is 4. The molecule has 1 aliphatic rings. The number of aryl methyl sites for hydroxylation is 1. The molecule has 0 atom stereocenters. The van der Waals surface area contributed by atoms with Crippen molar-refractivity contribution in [3.8, 4) is 0 Å². The maximum atomic E-state index is 12.6. The molecule has 2 N–H and O–H groups in total. The minimum atomic E-state index is -0.820. The first-order chi connectivity index (χ1) is 10.5. The molecule has 0 aliphatic carbocycles. The number of piperidine rings is 1. The Morgan fingerprint density at radius 3 is 2.50 bits per heavy atom. The lowest BCUT2D eigenvalue weighted by molar-refractivity contribution is -0.140.